The third-order valence-corrected chi connectivity index (χ3v) is 4.21. The summed E-state index contributed by atoms with van der Waals surface area (Å²) in [5.41, 5.74) is 2.21. The zero-order valence-electron chi connectivity index (χ0n) is 13.6. The van der Waals surface area contributed by atoms with Gasteiger partial charge in [-0.25, -0.2) is 9.78 Å². The standard InChI is InChI=1S/C18H19N3O3/c1-11-4-3-5-14(8-11)19-9-13-7-6-12(2)21-16(13)20-10-15(17(21)22)18(23)24/h3-5,8-10,12,19H,6-7H2,1-2H3,(H,23,24)/t12-/m1/s1. The average Bonchev–Trinajstić information content (AvgIpc) is 2.54. The van der Waals surface area contributed by atoms with E-state index in [2.05, 4.69) is 10.3 Å². The number of fused-ring (bicyclic) bond motifs is 1. The fraction of sp³-hybridized carbons (Fsp3) is 0.278. The van der Waals surface area contributed by atoms with E-state index in [-0.39, 0.29) is 11.6 Å². The maximum Gasteiger partial charge on any atom is 0.342 e. The Bertz CT molecular complexity index is 883. The van der Waals surface area contributed by atoms with Gasteiger partial charge in [0, 0.05) is 29.7 Å². The Hall–Kier alpha value is -2.89. The molecule has 0 radical (unpaired) electrons. The number of carboxylic acids is 1. The molecule has 0 bridgehead atoms. The molecule has 1 aromatic carbocycles. The Balaban J connectivity index is 2.00. The van der Waals surface area contributed by atoms with E-state index in [4.69, 9.17) is 5.11 Å². The summed E-state index contributed by atoms with van der Waals surface area (Å²) < 4.78 is 1.48. The van der Waals surface area contributed by atoms with Crippen LogP contribution in [0.5, 0.6) is 0 Å². The Labute approximate surface area is 139 Å². The molecule has 0 aliphatic carbocycles. The molecule has 0 saturated carbocycles. The number of nitrogens with zero attached hydrogens (tertiary/aromatic N) is 2. The lowest BCUT2D eigenvalue weighted by molar-refractivity contribution is 0.0693. The van der Waals surface area contributed by atoms with Gasteiger partial charge in [-0.05, 0) is 44.4 Å². The van der Waals surface area contributed by atoms with Crippen molar-refractivity contribution < 1.29 is 9.90 Å². The minimum absolute atomic E-state index is 0.0737. The van der Waals surface area contributed by atoms with E-state index in [0.717, 1.165) is 35.9 Å². The Kier molecular flexibility index (Phi) is 4.20. The molecule has 124 valence electrons. The smallest absolute Gasteiger partial charge is 0.342 e. The first kappa shape index (κ1) is 16.0. The van der Waals surface area contributed by atoms with Crippen molar-refractivity contribution in [2.45, 2.75) is 32.7 Å². The highest BCUT2D eigenvalue weighted by Crippen LogP contribution is 2.29. The number of anilines is 1. The summed E-state index contributed by atoms with van der Waals surface area (Å²) >= 11 is 0. The third-order valence-electron chi connectivity index (χ3n) is 4.21. The van der Waals surface area contributed by atoms with Gasteiger partial charge in [0.05, 0.1) is 0 Å². The molecule has 2 N–H and O–H groups in total. The van der Waals surface area contributed by atoms with E-state index in [9.17, 15) is 9.59 Å². The summed E-state index contributed by atoms with van der Waals surface area (Å²) in [6.07, 6.45) is 4.53. The molecule has 0 fully saturated rings. The van der Waals surface area contributed by atoms with E-state index in [1.807, 2.05) is 44.3 Å². The van der Waals surface area contributed by atoms with Crippen molar-refractivity contribution in [3.05, 3.63) is 64.0 Å². The van der Waals surface area contributed by atoms with E-state index in [1.54, 1.807) is 0 Å². The summed E-state index contributed by atoms with van der Waals surface area (Å²) in [6.45, 7) is 3.92. The van der Waals surface area contributed by atoms with E-state index >= 15 is 0 Å². The molecule has 3 rings (SSSR count). The van der Waals surface area contributed by atoms with Crippen LogP contribution in [0.1, 0.15) is 47.6 Å². The van der Waals surface area contributed by atoms with E-state index < -0.39 is 11.5 Å². The second-order valence-corrected chi connectivity index (χ2v) is 6.05. The molecule has 24 heavy (non-hydrogen) atoms. The van der Waals surface area contributed by atoms with Crippen molar-refractivity contribution in [1.29, 1.82) is 0 Å². The first-order valence-electron chi connectivity index (χ1n) is 7.85. The van der Waals surface area contributed by atoms with Gasteiger partial charge in [-0.15, -0.1) is 0 Å². The monoisotopic (exact) mass is 325 g/mol. The van der Waals surface area contributed by atoms with Crippen LogP contribution in [0.25, 0.3) is 5.57 Å². The highest BCUT2D eigenvalue weighted by Gasteiger charge is 2.25. The lowest BCUT2D eigenvalue weighted by atomic mass is 10.0. The molecule has 6 nitrogen and oxygen atoms in total. The summed E-state index contributed by atoms with van der Waals surface area (Å²) in [5.74, 6) is -0.715. The Morgan fingerprint density at radius 1 is 1.46 bits per heavy atom. The molecule has 0 amide bonds. The number of carboxylic acid groups (broad SMARTS) is 1. The van der Waals surface area contributed by atoms with Crippen molar-refractivity contribution in [3.8, 4) is 0 Å². The van der Waals surface area contributed by atoms with Crippen molar-refractivity contribution in [2.75, 3.05) is 5.32 Å². The highest BCUT2D eigenvalue weighted by atomic mass is 16.4. The number of aromatic carboxylic acids is 1. The SMILES string of the molecule is Cc1cccc(NC=C2CC[C@@H](C)n3c2ncc(C(=O)O)c3=O)c1. The molecular formula is C18H19N3O3. The second kappa shape index (κ2) is 6.31. The van der Waals surface area contributed by atoms with Crippen LogP contribution >= 0.6 is 0 Å². The minimum Gasteiger partial charge on any atom is -0.477 e. The van der Waals surface area contributed by atoms with E-state index in [0.29, 0.717) is 5.82 Å². The zero-order chi connectivity index (χ0) is 17.3. The van der Waals surface area contributed by atoms with Crippen molar-refractivity contribution in [2.24, 2.45) is 0 Å². The van der Waals surface area contributed by atoms with Crippen molar-refractivity contribution in [3.63, 3.8) is 0 Å². The fourth-order valence-corrected chi connectivity index (χ4v) is 2.91. The van der Waals surface area contributed by atoms with Gasteiger partial charge in [0.15, 0.2) is 0 Å². The second-order valence-electron chi connectivity index (χ2n) is 6.05. The molecule has 1 aromatic heterocycles. The van der Waals surface area contributed by atoms with Gasteiger partial charge >= 0.3 is 5.97 Å². The fourth-order valence-electron chi connectivity index (χ4n) is 2.91. The number of allylic oxidation sites excluding steroid dienone is 1. The summed E-state index contributed by atoms with van der Waals surface area (Å²) in [6, 6.07) is 7.90. The van der Waals surface area contributed by atoms with Crippen LogP contribution in [0.4, 0.5) is 5.69 Å². The third kappa shape index (κ3) is 2.95. The van der Waals surface area contributed by atoms with Crippen LogP contribution in [0.2, 0.25) is 0 Å². The van der Waals surface area contributed by atoms with E-state index in [1.165, 1.54) is 4.57 Å². The Morgan fingerprint density at radius 3 is 2.96 bits per heavy atom. The number of nitrogens with one attached hydrogen (secondary N) is 1. The van der Waals surface area contributed by atoms with Gasteiger partial charge in [-0.1, -0.05) is 12.1 Å². The minimum atomic E-state index is -1.25. The first-order chi connectivity index (χ1) is 11.5. The van der Waals surface area contributed by atoms with Crippen LogP contribution < -0.4 is 10.9 Å². The normalized spacial score (nSPS) is 18.2. The first-order valence-corrected chi connectivity index (χ1v) is 7.85. The molecular weight excluding hydrogens is 306 g/mol. The number of hydrogen-bond donors (Lipinski definition) is 2. The van der Waals surface area contributed by atoms with Crippen LogP contribution in [0.3, 0.4) is 0 Å². The maximum atomic E-state index is 12.4. The number of rotatable bonds is 3. The van der Waals surface area contributed by atoms with Gasteiger partial charge < -0.3 is 10.4 Å². The topological polar surface area (TPSA) is 84.2 Å². The highest BCUT2D eigenvalue weighted by molar-refractivity contribution is 5.87. The number of benzene rings is 1. The number of carbonyl (C=O) groups is 1. The molecule has 1 atom stereocenters. The molecule has 1 aliphatic rings. The van der Waals surface area contributed by atoms with Crippen LogP contribution in [0, 0.1) is 6.92 Å². The quantitative estimate of drug-likeness (QED) is 0.906. The molecule has 2 heterocycles. The summed E-state index contributed by atoms with van der Waals surface area (Å²) in [7, 11) is 0. The van der Waals surface area contributed by atoms with Crippen molar-refractivity contribution in [1.82, 2.24) is 9.55 Å². The molecule has 2 aromatic rings. The van der Waals surface area contributed by atoms with Crippen LogP contribution in [-0.2, 0) is 0 Å². The predicted octanol–water partition coefficient (Wildman–Crippen LogP) is 3.06. The van der Waals surface area contributed by atoms with Gasteiger partial charge in [-0.2, -0.15) is 0 Å². The Morgan fingerprint density at radius 2 is 2.25 bits per heavy atom. The molecule has 0 unspecified atom stereocenters. The maximum absolute atomic E-state index is 12.4. The summed E-state index contributed by atoms with van der Waals surface area (Å²) in [4.78, 5) is 27.8. The lowest BCUT2D eigenvalue weighted by Gasteiger charge is -2.26. The molecule has 1 aliphatic heterocycles. The van der Waals surface area contributed by atoms with Crippen LogP contribution in [-0.4, -0.2) is 20.6 Å². The van der Waals surface area contributed by atoms with Crippen LogP contribution in [0.15, 0.2) is 41.5 Å². The largest absolute Gasteiger partial charge is 0.477 e. The number of aryl methyl sites for hydroxylation is 1. The summed E-state index contributed by atoms with van der Waals surface area (Å²) in [5, 5.41) is 12.4. The van der Waals surface area contributed by atoms with Gasteiger partial charge in [-0.3, -0.25) is 9.36 Å². The zero-order valence-corrected chi connectivity index (χ0v) is 13.6. The number of aromatic nitrogens is 2. The van der Waals surface area contributed by atoms with Gasteiger partial charge in [0.25, 0.3) is 5.56 Å². The van der Waals surface area contributed by atoms with Crippen molar-refractivity contribution >= 4 is 17.2 Å². The molecule has 0 spiro atoms. The predicted molar refractivity (Wildman–Crippen MR) is 92.2 cm³/mol. The van der Waals surface area contributed by atoms with Gasteiger partial charge in [0.1, 0.15) is 11.4 Å². The lowest BCUT2D eigenvalue weighted by Crippen LogP contribution is -2.34. The number of hydrogen-bond acceptors (Lipinski definition) is 4. The average molecular weight is 325 g/mol. The molecule has 0 saturated heterocycles. The van der Waals surface area contributed by atoms with Gasteiger partial charge in [0.2, 0.25) is 0 Å². The molecule has 6 heteroatoms.